The average molecular weight is 441 g/mol. The van der Waals surface area contributed by atoms with Crippen LogP contribution in [0.5, 0.6) is 5.75 Å². The number of aromatic nitrogens is 3. The molecule has 8 heteroatoms. The van der Waals surface area contributed by atoms with Crippen molar-refractivity contribution >= 4 is 34.7 Å². The van der Waals surface area contributed by atoms with Crippen LogP contribution in [0, 0.1) is 6.92 Å². The molecule has 154 valence electrons. The molecule has 0 amide bonds. The summed E-state index contributed by atoms with van der Waals surface area (Å²) in [5.74, 6) is 7.74. The number of thioether (sulfide) groups is 1. The first-order valence-corrected chi connectivity index (χ1v) is 10.5. The molecule has 0 aliphatic carbocycles. The highest BCUT2D eigenvalue weighted by Crippen LogP contribution is 2.27. The molecule has 0 aliphatic rings. The van der Waals surface area contributed by atoms with E-state index in [0.717, 1.165) is 22.4 Å². The summed E-state index contributed by atoms with van der Waals surface area (Å²) in [6, 6.07) is 14.9. The summed E-state index contributed by atoms with van der Waals surface area (Å²) in [4.78, 5) is 12.0. The largest absolute Gasteiger partial charge is 0.493 e. The zero-order valence-electron chi connectivity index (χ0n) is 16.4. The smallest absolute Gasteiger partial charge is 0.209 e. The molecule has 0 radical (unpaired) electrons. The van der Waals surface area contributed by atoms with Crippen molar-refractivity contribution in [2.75, 3.05) is 18.2 Å². The Morgan fingerprint density at radius 1 is 1.17 bits per heavy atom. The number of ketones is 1. The molecule has 2 aromatic carbocycles. The maximum atomic E-state index is 12.0. The summed E-state index contributed by atoms with van der Waals surface area (Å²) in [6.07, 6.45) is 2.85. The molecule has 0 unspecified atom stereocenters. The van der Waals surface area contributed by atoms with Crippen LogP contribution in [0.25, 0.3) is 5.57 Å². The number of nitrogens with two attached hydrogens (primary N) is 1. The van der Waals surface area contributed by atoms with E-state index >= 15 is 0 Å². The van der Waals surface area contributed by atoms with Gasteiger partial charge in [0, 0.05) is 10.8 Å². The molecule has 0 aliphatic heterocycles. The number of hydrogen-bond donors (Lipinski definition) is 1. The number of carbonyl (C=O) groups is 1. The monoisotopic (exact) mass is 440 g/mol. The SMILES string of the molecule is C=CC(=O)C=C(c1ccc(Cl)cc1)c1ccc(OCCSc2nnc(C)n2N)cc1. The van der Waals surface area contributed by atoms with Crippen molar-refractivity contribution in [2.24, 2.45) is 0 Å². The predicted molar refractivity (Wildman–Crippen MR) is 121 cm³/mol. The first kappa shape index (κ1) is 21.7. The minimum atomic E-state index is -0.166. The Balaban J connectivity index is 1.66. The van der Waals surface area contributed by atoms with Gasteiger partial charge in [0.15, 0.2) is 5.78 Å². The van der Waals surface area contributed by atoms with Crippen LogP contribution >= 0.6 is 23.4 Å². The molecule has 3 rings (SSSR count). The van der Waals surface area contributed by atoms with Crippen molar-refractivity contribution < 1.29 is 9.53 Å². The third-order valence-corrected chi connectivity index (χ3v) is 5.39. The number of ether oxygens (including phenoxy) is 1. The van der Waals surface area contributed by atoms with Crippen LogP contribution < -0.4 is 10.6 Å². The highest BCUT2D eigenvalue weighted by molar-refractivity contribution is 7.99. The number of rotatable bonds is 9. The van der Waals surface area contributed by atoms with Gasteiger partial charge in [-0.05, 0) is 60.0 Å². The predicted octanol–water partition coefficient (Wildman–Crippen LogP) is 4.31. The number of aryl methyl sites for hydroxylation is 1. The Labute approximate surface area is 184 Å². The second kappa shape index (κ2) is 10.1. The summed E-state index contributed by atoms with van der Waals surface area (Å²) in [5, 5.41) is 9.21. The van der Waals surface area contributed by atoms with E-state index in [1.165, 1.54) is 22.5 Å². The summed E-state index contributed by atoms with van der Waals surface area (Å²) in [5.41, 5.74) is 2.57. The number of nitrogen functional groups attached to an aromatic ring is 1. The van der Waals surface area contributed by atoms with Crippen molar-refractivity contribution in [2.45, 2.75) is 12.1 Å². The Bertz CT molecular complexity index is 1060. The number of halogens is 1. The van der Waals surface area contributed by atoms with E-state index in [-0.39, 0.29) is 5.78 Å². The molecule has 3 aromatic rings. The fourth-order valence-corrected chi connectivity index (χ4v) is 3.48. The molecular weight excluding hydrogens is 420 g/mol. The van der Waals surface area contributed by atoms with E-state index in [2.05, 4.69) is 16.8 Å². The van der Waals surface area contributed by atoms with E-state index < -0.39 is 0 Å². The lowest BCUT2D eigenvalue weighted by molar-refractivity contribution is -0.110. The third-order valence-electron chi connectivity index (χ3n) is 4.23. The first-order chi connectivity index (χ1) is 14.5. The second-order valence-corrected chi connectivity index (χ2v) is 7.79. The van der Waals surface area contributed by atoms with E-state index in [4.69, 9.17) is 22.2 Å². The van der Waals surface area contributed by atoms with Crippen LogP contribution in [0.4, 0.5) is 0 Å². The molecule has 2 N–H and O–H groups in total. The van der Waals surface area contributed by atoms with Crippen molar-refractivity contribution in [1.82, 2.24) is 14.9 Å². The zero-order valence-corrected chi connectivity index (χ0v) is 18.0. The van der Waals surface area contributed by atoms with Crippen LogP contribution in [-0.2, 0) is 4.79 Å². The Morgan fingerprint density at radius 3 is 2.37 bits per heavy atom. The van der Waals surface area contributed by atoms with Gasteiger partial charge in [-0.25, -0.2) is 4.68 Å². The zero-order chi connectivity index (χ0) is 21.5. The molecular formula is C22H21ClN4O2S. The average Bonchev–Trinajstić information content (AvgIpc) is 3.08. The molecule has 6 nitrogen and oxygen atoms in total. The van der Waals surface area contributed by atoms with E-state index in [1.54, 1.807) is 25.1 Å². The lowest BCUT2D eigenvalue weighted by atomic mass is 9.96. The lowest BCUT2D eigenvalue weighted by Crippen LogP contribution is -2.12. The number of benzene rings is 2. The molecule has 0 spiro atoms. The number of nitrogens with zero attached hydrogens (tertiary/aromatic N) is 3. The second-order valence-electron chi connectivity index (χ2n) is 6.29. The maximum Gasteiger partial charge on any atom is 0.209 e. The van der Waals surface area contributed by atoms with Crippen molar-refractivity contribution in [3.63, 3.8) is 0 Å². The minimum absolute atomic E-state index is 0.166. The molecule has 0 atom stereocenters. The van der Waals surface area contributed by atoms with Gasteiger partial charge in [0.05, 0.1) is 6.61 Å². The van der Waals surface area contributed by atoms with Crippen LogP contribution in [-0.4, -0.2) is 33.0 Å². The van der Waals surface area contributed by atoms with Crippen molar-refractivity contribution in [3.8, 4) is 5.75 Å². The van der Waals surface area contributed by atoms with Crippen LogP contribution in [0.1, 0.15) is 17.0 Å². The fourth-order valence-electron chi connectivity index (χ4n) is 2.64. The van der Waals surface area contributed by atoms with E-state index in [0.29, 0.717) is 28.4 Å². The third kappa shape index (κ3) is 5.52. The van der Waals surface area contributed by atoms with E-state index in [9.17, 15) is 4.79 Å². The quantitative estimate of drug-likeness (QED) is 0.231. The highest BCUT2D eigenvalue weighted by atomic mass is 35.5. The van der Waals surface area contributed by atoms with Gasteiger partial charge in [0.1, 0.15) is 11.6 Å². The van der Waals surface area contributed by atoms with Gasteiger partial charge >= 0.3 is 0 Å². The van der Waals surface area contributed by atoms with Gasteiger partial charge < -0.3 is 10.6 Å². The Morgan fingerprint density at radius 2 is 1.80 bits per heavy atom. The van der Waals surface area contributed by atoms with Gasteiger partial charge in [-0.2, -0.15) is 0 Å². The van der Waals surface area contributed by atoms with Gasteiger partial charge in [-0.1, -0.05) is 54.2 Å². The van der Waals surface area contributed by atoms with Gasteiger partial charge in [-0.15, -0.1) is 10.2 Å². The molecule has 0 bridgehead atoms. The Kier molecular flexibility index (Phi) is 7.32. The highest BCUT2D eigenvalue weighted by Gasteiger charge is 2.09. The normalized spacial score (nSPS) is 11.3. The van der Waals surface area contributed by atoms with Gasteiger partial charge in [0.2, 0.25) is 5.16 Å². The number of carbonyl (C=O) groups excluding carboxylic acids is 1. The molecule has 0 saturated carbocycles. The van der Waals surface area contributed by atoms with Gasteiger partial charge in [-0.3, -0.25) is 4.79 Å². The summed E-state index contributed by atoms with van der Waals surface area (Å²) in [6.45, 7) is 5.83. The summed E-state index contributed by atoms with van der Waals surface area (Å²) in [7, 11) is 0. The number of hydrogen-bond acceptors (Lipinski definition) is 6. The molecule has 1 aromatic heterocycles. The molecule has 1 heterocycles. The summed E-state index contributed by atoms with van der Waals surface area (Å²) >= 11 is 7.46. The molecule has 0 saturated heterocycles. The van der Waals surface area contributed by atoms with E-state index in [1.807, 2.05) is 36.4 Å². The van der Waals surface area contributed by atoms with Crippen LogP contribution in [0.2, 0.25) is 5.02 Å². The minimum Gasteiger partial charge on any atom is -0.493 e. The van der Waals surface area contributed by atoms with Gasteiger partial charge in [0.25, 0.3) is 0 Å². The maximum absolute atomic E-state index is 12.0. The Hall–Kier alpha value is -3.03. The standard InChI is InChI=1S/C22H21ClN4O2S/c1-3-19(28)14-21(16-4-8-18(23)9-5-16)17-6-10-20(11-7-17)29-12-13-30-22-26-25-15(2)27(22)24/h3-11,14H,1,12-13,24H2,2H3. The molecule has 0 fully saturated rings. The molecule has 30 heavy (non-hydrogen) atoms. The first-order valence-electron chi connectivity index (χ1n) is 9.15. The summed E-state index contributed by atoms with van der Waals surface area (Å²) < 4.78 is 7.25. The fraction of sp³-hybridized carbons (Fsp3) is 0.136. The number of allylic oxidation sites excluding steroid dienone is 2. The topological polar surface area (TPSA) is 83.0 Å². The van der Waals surface area contributed by atoms with Crippen LogP contribution in [0.3, 0.4) is 0 Å². The lowest BCUT2D eigenvalue weighted by Gasteiger charge is -2.10. The van der Waals surface area contributed by atoms with Crippen LogP contribution in [0.15, 0.2) is 72.4 Å². The van der Waals surface area contributed by atoms with Crippen molar-refractivity contribution in [1.29, 1.82) is 0 Å². The van der Waals surface area contributed by atoms with Crippen molar-refractivity contribution in [3.05, 3.63) is 89.2 Å².